The lowest BCUT2D eigenvalue weighted by Crippen LogP contribution is -1.97. The predicted octanol–water partition coefficient (Wildman–Crippen LogP) is 1.79. The van der Waals surface area contributed by atoms with Crippen molar-refractivity contribution in [3.8, 4) is 17.6 Å². The summed E-state index contributed by atoms with van der Waals surface area (Å²) < 4.78 is 19.7. The van der Waals surface area contributed by atoms with Crippen molar-refractivity contribution in [3.63, 3.8) is 0 Å². The zero-order valence-electron chi connectivity index (χ0n) is 9.57. The lowest BCUT2D eigenvalue weighted by molar-refractivity contribution is 0.0697. The van der Waals surface area contributed by atoms with Crippen LogP contribution in [0.25, 0.3) is 0 Å². The van der Waals surface area contributed by atoms with Crippen LogP contribution in [0, 0.1) is 11.8 Å². The smallest absolute Gasteiger partial charge is 0.335 e. The van der Waals surface area contributed by atoms with Crippen molar-refractivity contribution >= 4 is 5.97 Å². The van der Waals surface area contributed by atoms with Gasteiger partial charge in [-0.15, -0.1) is 5.92 Å². The minimum absolute atomic E-state index is 0.120. The molecule has 14 heavy (non-hydrogen) atoms. The van der Waals surface area contributed by atoms with Crippen LogP contribution in [0.4, 0.5) is 0 Å². The molecule has 0 saturated carbocycles. The van der Waals surface area contributed by atoms with E-state index in [4.69, 9.17) is 12.6 Å². The number of ether oxygens (including phenoxy) is 1. The molecule has 1 aromatic rings. The van der Waals surface area contributed by atoms with Crippen LogP contribution in [0.15, 0.2) is 24.3 Å². The van der Waals surface area contributed by atoms with Crippen LogP contribution in [0.2, 0.25) is 0 Å². The van der Waals surface area contributed by atoms with Crippen LogP contribution in [0.1, 0.15) is 20.0 Å². The molecule has 0 saturated heterocycles. The summed E-state index contributed by atoms with van der Waals surface area (Å²) in [5.41, 5.74) is 0.120. The van der Waals surface area contributed by atoms with Crippen LogP contribution < -0.4 is 4.74 Å². The summed E-state index contributed by atoms with van der Waals surface area (Å²) in [6, 6.07) is 5.46. The highest BCUT2D eigenvalue weighted by molar-refractivity contribution is 5.87. The second kappa shape index (κ2) is 4.93. The highest BCUT2D eigenvalue weighted by Crippen LogP contribution is 2.11. The molecule has 72 valence electrons. The first-order valence-electron chi connectivity index (χ1n) is 4.91. The maximum absolute atomic E-state index is 10.6. The average Bonchev–Trinajstić information content (AvgIpc) is 2.17. The van der Waals surface area contributed by atoms with Gasteiger partial charge < -0.3 is 9.84 Å². The Bertz CT molecular complexity index is 441. The van der Waals surface area contributed by atoms with Gasteiger partial charge in [-0.2, -0.15) is 0 Å². The minimum atomic E-state index is -2.07. The molecule has 0 aliphatic carbocycles. The first-order valence-corrected chi connectivity index (χ1v) is 3.91. The van der Waals surface area contributed by atoms with Gasteiger partial charge in [0, 0.05) is 0 Å². The van der Waals surface area contributed by atoms with E-state index in [9.17, 15) is 4.79 Å². The van der Waals surface area contributed by atoms with Crippen LogP contribution in [-0.4, -0.2) is 17.6 Å². The number of benzene rings is 1. The molecule has 3 nitrogen and oxygen atoms in total. The van der Waals surface area contributed by atoms with E-state index in [0.717, 1.165) is 0 Å². The average molecular weight is 192 g/mol. The van der Waals surface area contributed by atoms with Gasteiger partial charge in [0.2, 0.25) is 0 Å². The minimum Gasteiger partial charge on any atom is -0.481 e. The molecule has 1 N–H and O–H groups in total. The largest absolute Gasteiger partial charge is 0.481 e. The van der Waals surface area contributed by atoms with Crippen LogP contribution >= 0.6 is 0 Å². The summed E-state index contributed by atoms with van der Waals surface area (Å²) in [5, 5.41) is 8.66. The van der Waals surface area contributed by atoms with Crippen LogP contribution in [0.5, 0.6) is 5.75 Å². The molecule has 0 spiro atoms. The summed E-state index contributed by atoms with van der Waals surface area (Å²) in [6.07, 6.45) is 0. The highest BCUT2D eigenvalue weighted by Gasteiger charge is 2.01. The molecular weight excluding hydrogens is 180 g/mol. The molecule has 0 radical (unpaired) electrons. The molecule has 0 atom stereocenters. The number of carbonyl (C=O) groups is 1. The zero-order chi connectivity index (χ0) is 12.2. The summed E-state index contributed by atoms with van der Waals surface area (Å²) in [4.78, 5) is 10.6. The van der Waals surface area contributed by atoms with Gasteiger partial charge in [-0.05, 0) is 31.2 Å². The van der Waals surface area contributed by atoms with Gasteiger partial charge in [0.25, 0.3) is 0 Å². The number of carboxylic acid groups (broad SMARTS) is 1. The van der Waals surface area contributed by atoms with E-state index in [-0.39, 0.29) is 11.3 Å². The Kier molecular flexibility index (Phi) is 2.62. The quantitative estimate of drug-likeness (QED) is 0.742. The fourth-order valence-corrected chi connectivity index (χ4v) is 0.801. The van der Waals surface area contributed by atoms with Crippen molar-refractivity contribution in [2.75, 3.05) is 6.56 Å². The van der Waals surface area contributed by atoms with Crippen molar-refractivity contribution < 1.29 is 17.4 Å². The fourth-order valence-electron chi connectivity index (χ4n) is 0.801. The van der Waals surface area contributed by atoms with Crippen LogP contribution in [-0.2, 0) is 0 Å². The van der Waals surface area contributed by atoms with E-state index < -0.39 is 12.5 Å². The second-order valence-corrected chi connectivity index (χ2v) is 2.41. The van der Waals surface area contributed by atoms with Crippen molar-refractivity contribution in [2.24, 2.45) is 0 Å². The Morgan fingerprint density at radius 3 is 2.71 bits per heavy atom. The predicted molar refractivity (Wildman–Crippen MR) is 52.3 cm³/mol. The second-order valence-electron chi connectivity index (χ2n) is 2.41. The molecule has 0 fully saturated rings. The molecule has 0 heterocycles. The standard InChI is InChI=1S/C11H10O3/c1-2-3-8-14-10-6-4-9(5-7-10)11(12)13/h4-7H,8H2,1H3,(H,12,13)/i8D2. The number of hydrogen-bond acceptors (Lipinski definition) is 2. The number of rotatable bonds is 3. The SMILES string of the molecule is [2H]C([2H])(C#CC)Oc1ccc(C(=O)O)cc1. The number of hydrogen-bond donors (Lipinski definition) is 1. The summed E-state index contributed by atoms with van der Waals surface area (Å²) in [6.45, 7) is -0.561. The molecule has 0 bridgehead atoms. The Morgan fingerprint density at radius 2 is 2.21 bits per heavy atom. The normalized spacial score (nSPS) is 11.8. The van der Waals surface area contributed by atoms with Crippen LogP contribution in [0.3, 0.4) is 0 Å². The van der Waals surface area contributed by atoms with Gasteiger partial charge in [0.15, 0.2) is 0 Å². The van der Waals surface area contributed by atoms with Crippen molar-refractivity contribution in [1.29, 1.82) is 0 Å². The molecular formula is C11H10O3. The van der Waals surface area contributed by atoms with Crippen molar-refractivity contribution in [2.45, 2.75) is 6.92 Å². The summed E-state index contributed by atoms with van der Waals surface area (Å²) in [7, 11) is 0. The van der Waals surface area contributed by atoms with Crippen molar-refractivity contribution in [1.82, 2.24) is 0 Å². The van der Waals surface area contributed by atoms with Gasteiger partial charge in [0.1, 0.15) is 12.3 Å². The van der Waals surface area contributed by atoms with E-state index >= 15 is 0 Å². The maximum atomic E-state index is 10.6. The Hall–Kier alpha value is -1.95. The zero-order valence-corrected chi connectivity index (χ0v) is 7.57. The molecule has 0 amide bonds. The molecule has 1 rings (SSSR count). The lowest BCUT2D eigenvalue weighted by atomic mass is 10.2. The Morgan fingerprint density at radius 1 is 1.57 bits per heavy atom. The molecule has 1 aromatic carbocycles. The number of carboxylic acids is 1. The molecule has 3 heteroatoms. The van der Waals surface area contributed by atoms with E-state index in [0.29, 0.717) is 0 Å². The third kappa shape index (κ3) is 2.83. The molecule has 0 aliphatic rings. The van der Waals surface area contributed by atoms with Crippen molar-refractivity contribution in [3.05, 3.63) is 29.8 Å². The lowest BCUT2D eigenvalue weighted by Gasteiger charge is -2.01. The first kappa shape index (κ1) is 7.45. The monoisotopic (exact) mass is 192 g/mol. The highest BCUT2D eigenvalue weighted by atomic mass is 16.5. The first-order chi connectivity index (χ1) is 7.44. The molecule has 0 aliphatic heterocycles. The molecule has 0 aromatic heterocycles. The van der Waals surface area contributed by atoms with Gasteiger partial charge in [0.05, 0.1) is 8.30 Å². The van der Waals surface area contributed by atoms with Gasteiger partial charge in [-0.1, -0.05) is 5.92 Å². The summed E-state index contributed by atoms with van der Waals surface area (Å²) in [5.74, 6) is 3.86. The van der Waals surface area contributed by atoms with Gasteiger partial charge in [-0.3, -0.25) is 0 Å². The molecule has 0 unspecified atom stereocenters. The fraction of sp³-hybridized carbons (Fsp3) is 0.182. The van der Waals surface area contributed by atoms with E-state index in [1.165, 1.54) is 31.2 Å². The van der Waals surface area contributed by atoms with E-state index in [1.54, 1.807) is 0 Å². The third-order valence-electron chi connectivity index (χ3n) is 1.45. The van der Waals surface area contributed by atoms with E-state index in [2.05, 4.69) is 11.8 Å². The third-order valence-corrected chi connectivity index (χ3v) is 1.45. The Labute approximate surface area is 85.1 Å². The maximum Gasteiger partial charge on any atom is 0.335 e. The van der Waals surface area contributed by atoms with E-state index in [1.807, 2.05) is 0 Å². The number of aromatic carboxylic acids is 1. The topological polar surface area (TPSA) is 46.5 Å². The Balaban J connectivity index is 2.82. The van der Waals surface area contributed by atoms with Gasteiger partial charge >= 0.3 is 5.97 Å². The summed E-state index contributed by atoms with van der Waals surface area (Å²) >= 11 is 0. The van der Waals surface area contributed by atoms with Gasteiger partial charge in [-0.25, -0.2) is 4.79 Å².